The number of aryl methyl sites for hydroxylation is 1. The second-order valence-electron chi connectivity index (χ2n) is 7.11. The van der Waals surface area contributed by atoms with E-state index in [1.165, 1.54) is 6.07 Å². The van der Waals surface area contributed by atoms with Gasteiger partial charge in [-0.2, -0.15) is 0 Å². The number of carbonyl (C=O) groups is 1. The summed E-state index contributed by atoms with van der Waals surface area (Å²) >= 11 is 3.48. The van der Waals surface area contributed by atoms with Crippen LogP contribution >= 0.6 is 15.9 Å². The van der Waals surface area contributed by atoms with Gasteiger partial charge >= 0.3 is 0 Å². The number of hydrogen-bond donors (Lipinski definition) is 1. The van der Waals surface area contributed by atoms with Crippen molar-refractivity contribution in [2.24, 2.45) is 7.05 Å². The molecule has 2 aromatic heterocycles. The fourth-order valence-corrected chi connectivity index (χ4v) is 3.39. The molecule has 1 N–H and O–H groups in total. The number of aromatic nitrogens is 2. The first-order chi connectivity index (χ1) is 12.8. The molecule has 27 heavy (non-hydrogen) atoms. The van der Waals surface area contributed by atoms with Crippen LogP contribution in [0.15, 0.2) is 47.2 Å². The topological polar surface area (TPSA) is 56.2 Å². The molecule has 0 atom stereocenters. The number of nitrogens with one attached hydrogen (secondary N) is 1. The summed E-state index contributed by atoms with van der Waals surface area (Å²) in [6, 6.07) is 8.28. The smallest absolute Gasteiger partial charge is 0.253 e. The van der Waals surface area contributed by atoms with Gasteiger partial charge in [0, 0.05) is 34.9 Å². The zero-order chi connectivity index (χ0) is 19.6. The van der Waals surface area contributed by atoms with Crippen LogP contribution in [0.4, 0.5) is 4.39 Å². The summed E-state index contributed by atoms with van der Waals surface area (Å²) in [6.45, 7) is 4.11. The van der Waals surface area contributed by atoms with Gasteiger partial charge in [0.25, 0.3) is 5.91 Å². The molecule has 1 amide bonds. The third-order valence-electron chi connectivity index (χ3n) is 4.16. The fourth-order valence-electron chi connectivity index (χ4n) is 2.79. The number of nitrogens with zero attached hydrogens (tertiary/aromatic N) is 2. The van der Waals surface area contributed by atoms with E-state index in [2.05, 4.69) is 26.2 Å². The number of hydrogen-bond acceptors (Lipinski definition) is 3. The second kappa shape index (κ2) is 7.78. The molecule has 0 aliphatic heterocycles. The van der Waals surface area contributed by atoms with Gasteiger partial charge in [0.2, 0.25) is 0 Å². The predicted octanol–water partition coefficient (Wildman–Crippen LogP) is 4.20. The van der Waals surface area contributed by atoms with Crippen molar-refractivity contribution in [1.82, 2.24) is 14.9 Å². The molecular weight excluding hydrogens is 413 g/mol. The minimum atomic E-state index is -0.620. The zero-order valence-electron chi connectivity index (χ0n) is 15.4. The molecule has 3 aromatic rings. The molecule has 0 bridgehead atoms. The van der Waals surface area contributed by atoms with Gasteiger partial charge in [-0.1, -0.05) is 18.2 Å². The quantitative estimate of drug-likeness (QED) is 0.633. The van der Waals surface area contributed by atoms with E-state index >= 15 is 0 Å². The summed E-state index contributed by atoms with van der Waals surface area (Å²) in [7, 11) is 1.90. The molecule has 3 rings (SSSR count). The number of amides is 1. The van der Waals surface area contributed by atoms with E-state index in [4.69, 9.17) is 4.74 Å². The summed E-state index contributed by atoms with van der Waals surface area (Å²) in [5.41, 5.74) is 1.14. The third kappa shape index (κ3) is 4.54. The van der Waals surface area contributed by atoms with E-state index in [0.29, 0.717) is 11.1 Å². The van der Waals surface area contributed by atoms with Crippen molar-refractivity contribution in [2.75, 3.05) is 6.61 Å². The van der Waals surface area contributed by atoms with Crippen LogP contribution < -0.4 is 5.32 Å². The largest absolute Gasteiger partial charge is 0.374 e. The van der Waals surface area contributed by atoms with Crippen LogP contribution in [0.2, 0.25) is 0 Å². The Bertz CT molecular complexity index is 985. The van der Waals surface area contributed by atoms with Gasteiger partial charge in [0.05, 0.1) is 24.3 Å². The van der Waals surface area contributed by atoms with Crippen molar-refractivity contribution in [1.29, 1.82) is 0 Å². The number of fused-ring (bicyclic) bond motifs is 1. The maximum absolute atomic E-state index is 13.6. The van der Waals surface area contributed by atoms with E-state index in [1.54, 1.807) is 30.5 Å². The Kier molecular flexibility index (Phi) is 5.62. The van der Waals surface area contributed by atoms with Crippen LogP contribution in [-0.2, 0) is 18.4 Å². The van der Waals surface area contributed by atoms with Gasteiger partial charge in [-0.3, -0.25) is 4.79 Å². The van der Waals surface area contributed by atoms with Gasteiger partial charge in [0.15, 0.2) is 0 Å². The Morgan fingerprint density at radius 2 is 2.11 bits per heavy atom. The highest BCUT2D eigenvalue weighted by atomic mass is 79.9. The highest BCUT2D eigenvalue weighted by Crippen LogP contribution is 2.25. The molecule has 0 fully saturated rings. The summed E-state index contributed by atoms with van der Waals surface area (Å²) in [4.78, 5) is 17.0. The average Bonchev–Trinajstić information content (AvgIpc) is 2.90. The highest BCUT2D eigenvalue weighted by Gasteiger charge is 2.22. The number of halogens is 2. The lowest BCUT2D eigenvalue weighted by molar-refractivity contribution is 0.0606. The Morgan fingerprint density at radius 1 is 1.37 bits per heavy atom. The molecule has 5 nitrogen and oxygen atoms in total. The molecule has 0 saturated heterocycles. The van der Waals surface area contributed by atoms with Crippen LogP contribution in [0, 0.1) is 5.82 Å². The number of pyridine rings is 1. The molecule has 0 aliphatic rings. The van der Waals surface area contributed by atoms with Crippen molar-refractivity contribution in [3.63, 3.8) is 0 Å². The number of carbonyl (C=O) groups excluding carboxylic acids is 1. The molecule has 142 valence electrons. The molecular formula is C20H21BrFN3O2. The Labute approximate surface area is 165 Å². The SMILES string of the molecule is Cn1cc(Br)c2cc(C(=O)NC(C)(C)COCc3ccccc3F)cnc21. The average molecular weight is 434 g/mol. The number of benzene rings is 1. The molecule has 2 heterocycles. The molecule has 7 heteroatoms. The van der Waals surface area contributed by atoms with E-state index in [9.17, 15) is 9.18 Å². The van der Waals surface area contributed by atoms with Crippen molar-refractivity contribution in [3.05, 3.63) is 64.1 Å². The van der Waals surface area contributed by atoms with Gasteiger partial charge in [0.1, 0.15) is 11.5 Å². The first-order valence-corrected chi connectivity index (χ1v) is 9.30. The normalized spacial score (nSPS) is 11.7. The molecule has 0 spiro atoms. The Hall–Kier alpha value is -2.25. The maximum Gasteiger partial charge on any atom is 0.253 e. The van der Waals surface area contributed by atoms with E-state index in [1.807, 2.05) is 31.7 Å². The first kappa shape index (κ1) is 19.5. The van der Waals surface area contributed by atoms with Crippen molar-refractivity contribution >= 4 is 32.9 Å². The second-order valence-corrected chi connectivity index (χ2v) is 7.96. The molecule has 0 radical (unpaired) electrons. The van der Waals surface area contributed by atoms with Crippen LogP contribution in [0.25, 0.3) is 11.0 Å². The van der Waals surface area contributed by atoms with E-state index in [0.717, 1.165) is 15.5 Å². The lowest BCUT2D eigenvalue weighted by Crippen LogP contribution is -2.47. The van der Waals surface area contributed by atoms with Gasteiger partial charge in [-0.25, -0.2) is 9.37 Å². The summed E-state index contributed by atoms with van der Waals surface area (Å²) in [5, 5.41) is 3.82. The number of rotatable bonds is 6. The highest BCUT2D eigenvalue weighted by molar-refractivity contribution is 9.10. The standard InChI is InChI=1S/C20H21BrFN3O2/c1-20(2,12-27-11-13-6-4-5-7-17(13)22)24-19(26)14-8-15-16(21)10-25(3)18(15)23-9-14/h4-10H,11-12H2,1-3H3,(H,24,26). The lowest BCUT2D eigenvalue weighted by atomic mass is 10.1. The Balaban J connectivity index is 1.63. The minimum absolute atomic E-state index is 0.149. The minimum Gasteiger partial charge on any atom is -0.374 e. The lowest BCUT2D eigenvalue weighted by Gasteiger charge is -2.26. The van der Waals surface area contributed by atoms with Gasteiger partial charge in [-0.15, -0.1) is 0 Å². The van der Waals surface area contributed by atoms with E-state index < -0.39 is 5.54 Å². The third-order valence-corrected chi connectivity index (χ3v) is 4.79. The number of ether oxygens (including phenoxy) is 1. The van der Waals surface area contributed by atoms with Gasteiger partial charge < -0.3 is 14.6 Å². The first-order valence-electron chi connectivity index (χ1n) is 8.51. The fraction of sp³-hybridized carbons (Fsp3) is 0.300. The van der Waals surface area contributed by atoms with Crippen molar-refractivity contribution in [2.45, 2.75) is 26.0 Å². The maximum atomic E-state index is 13.6. The van der Waals surface area contributed by atoms with E-state index in [-0.39, 0.29) is 24.9 Å². The van der Waals surface area contributed by atoms with Crippen molar-refractivity contribution < 1.29 is 13.9 Å². The molecule has 0 aliphatic carbocycles. The molecule has 0 saturated carbocycles. The summed E-state index contributed by atoms with van der Waals surface area (Å²) in [6.07, 6.45) is 3.46. The zero-order valence-corrected chi connectivity index (χ0v) is 17.0. The molecule has 1 aromatic carbocycles. The summed E-state index contributed by atoms with van der Waals surface area (Å²) < 4.78 is 22.0. The van der Waals surface area contributed by atoms with Crippen LogP contribution in [0.5, 0.6) is 0 Å². The van der Waals surface area contributed by atoms with Crippen LogP contribution in [-0.4, -0.2) is 27.6 Å². The van der Waals surface area contributed by atoms with Crippen molar-refractivity contribution in [3.8, 4) is 0 Å². The Morgan fingerprint density at radius 3 is 2.85 bits per heavy atom. The monoisotopic (exact) mass is 433 g/mol. The predicted molar refractivity (Wildman–Crippen MR) is 106 cm³/mol. The van der Waals surface area contributed by atoms with Crippen LogP contribution in [0.3, 0.4) is 0 Å². The van der Waals surface area contributed by atoms with Gasteiger partial charge in [-0.05, 0) is 41.9 Å². The van der Waals surface area contributed by atoms with Crippen LogP contribution in [0.1, 0.15) is 29.8 Å². The molecule has 0 unspecified atom stereocenters. The summed E-state index contributed by atoms with van der Waals surface area (Å²) in [5.74, 6) is -0.535.